The minimum absolute atomic E-state index is 0.110. The van der Waals surface area contributed by atoms with E-state index in [2.05, 4.69) is 5.32 Å². The van der Waals surface area contributed by atoms with Gasteiger partial charge in [0.15, 0.2) is 0 Å². The zero-order valence-corrected chi connectivity index (χ0v) is 19.2. The highest BCUT2D eigenvalue weighted by molar-refractivity contribution is 6.31. The first-order chi connectivity index (χ1) is 16.2. The Morgan fingerprint density at radius 2 is 1.91 bits per heavy atom. The number of aryl methyl sites for hydroxylation is 1. The number of benzene rings is 2. The number of halogens is 3. The average Bonchev–Trinajstić information content (AvgIpc) is 3.56. The Labute approximate surface area is 199 Å². The Kier molecular flexibility index (Phi) is 6.72. The Bertz CT molecular complexity index is 1300. The third kappa shape index (κ3) is 5.29. The summed E-state index contributed by atoms with van der Waals surface area (Å²) >= 11 is 6.25. The molecule has 1 fully saturated rings. The summed E-state index contributed by atoms with van der Waals surface area (Å²) in [7, 11) is 0. The van der Waals surface area contributed by atoms with Crippen LogP contribution < -0.4 is 15.6 Å². The van der Waals surface area contributed by atoms with Crippen LogP contribution in [-0.4, -0.2) is 21.2 Å². The monoisotopic (exact) mass is 488 g/mol. The zero-order valence-electron chi connectivity index (χ0n) is 18.4. The van der Waals surface area contributed by atoms with E-state index >= 15 is 0 Å². The molecule has 1 aromatic heterocycles. The fourth-order valence-electron chi connectivity index (χ4n) is 3.52. The lowest BCUT2D eigenvalue weighted by atomic mass is 10.1. The molecule has 4 rings (SSSR count). The average molecular weight is 489 g/mol. The smallest absolute Gasteiger partial charge is 0.273 e. The van der Waals surface area contributed by atoms with Crippen molar-refractivity contribution in [2.45, 2.75) is 45.1 Å². The van der Waals surface area contributed by atoms with Crippen molar-refractivity contribution in [1.82, 2.24) is 9.88 Å². The molecule has 0 unspecified atom stereocenters. The van der Waals surface area contributed by atoms with Crippen LogP contribution in [0.2, 0.25) is 5.02 Å². The number of nitrogens with zero attached hydrogens (tertiary/aromatic N) is 1. The van der Waals surface area contributed by atoms with Gasteiger partial charge in [0, 0.05) is 29.9 Å². The summed E-state index contributed by atoms with van der Waals surface area (Å²) < 4.78 is 34.0. The van der Waals surface area contributed by atoms with Crippen LogP contribution in [0.3, 0.4) is 0 Å². The SMILES string of the molecule is Cc1cc(OCc2ccc(F)cc2F)c(Cl)c(=O)n1Cc1cccc(CNC(=O)C2(O)CC2)c1. The van der Waals surface area contributed by atoms with Crippen LogP contribution in [0.15, 0.2) is 53.3 Å². The van der Waals surface area contributed by atoms with Crippen molar-refractivity contribution in [2.75, 3.05) is 0 Å². The highest BCUT2D eigenvalue weighted by Gasteiger charge is 2.47. The molecule has 1 heterocycles. The molecule has 2 aromatic carbocycles. The van der Waals surface area contributed by atoms with Gasteiger partial charge in [0.25, 0.3) is 11.5 Å². The standard InChI is InChI=1S/C25H23ClF2N2O4/c1-15-9-21(34-14-18-5-6-19(27)11-20(18)28)22(26)23(31)30(15)13-17-4-2-3-16(10-17)12-29-24(32)25(33)7-8-25/h2-6,9-11,33H,7-8,12-14H2,1H3,(H,29,32). The largest absolute Gasteiger partial charge is 0.487 e. The molecule has 0 aliphatic heterocycles. The van der Waals surface area contributed by atoms with Gasteiger partial charge in [0.1, 0.15) is 34.6 Å². The van der Waals surface area contributed by atoms with Gasteiger partial charge >= 0.3 is 0 Å². The normalized spacial score (nSPS) is 14.0. The number of pyridine rings is 1. The first kappa shape index (κ1) is 23.9. The second-order valence-electron chi connectivity index (χ2n) is 8.41. The number of aromatic nitrogens is 1. The molecule has 1 saturated carbocycles. The summed E-state index contributed by atoms with van der Waals surface area (Å²) in [4.78, 5) is 24.8. The van der Waals surface area contributed by atoms with Crippen molar-refractivity contribution in [1.29, 1.82) is 0 Å². The molecule has 1 amide bonds. The van der Waals surface area contributed by atoms with Crippen LogP contribution in [0.25, 0.3) is 0 Å². The van der Waals surface area contributed by atoms with Crippen molar-refractivity contribution in [3.05, 3.63) is 97.9 Å². The third-order valence-corrected chi connectivity index (χ3v) is 6.09. The fraction of sp³-hybridized carbons (Fsp3) is 0.280. The van der Waals surface area contributed by atoms with E-state index in [4.69, 9.17) is 16.3 Å². The number of carbonyl (C=O) groups excluding carboxylic acids is 1. The Balaban J connectivity index is 1.47. The molecule has 2 N–H and O–H groups in total. The van der Waals surface area contributed by atoms with E-state index in [0.717, 1.165) is 23.3 Å². The van der Waals surface area contributed by atoms with E-state index in [1.807, 2.05) is 24.3 Å². The highest BCUT2D eigenvalue weighted by atomic mass is 35.5. The van der Waals surface area contributed by atoms with Gasteiger partial charge < -0.3 is 19.7 Å². The molecule has 6 nitrogen and oxygen atoms in total. The quantitative estimate of drug-likeness (QED) is 0.504. The number of rotatable bonds is 8. The van der Waals surface area contributed by atoms with Crippen molar-refractivity contribution < 1.29 is 23.4 Å². The minimum atomic E-state index is -1.23. The van der Waals surface area contributed by atoms with Gasteiger partial charge in [-0.1, -0.05) is 35.9 Å². The van der Waals surface area contributed by atoms with Gasteiger partial charge in [-0.05, 0) is 43.0 Å². The number of aliphatic hydroxyl groups is 1. The first-order valence-corrected chi connectivity index (χ1v) is 11.1. The maximum Gasteiger partial charge on any atom is 0.273 e. The van der Waals surface area contributed by atoms with Crippen molar-refractivity contribution >= 4 is 17.5 Å². The summed E-state index contributed by atoms with van der Waals surface area (Å²) in [6, 6.07) is 12.1. The Morgan fingerprint density at radius 1 is 1.18 bits per heavy atom. The number of hydrogen-bond acceptors (Lipinski definition) is 4. The number of nitrogens with one attached hydrogen (secondary N) is 1. The van der Waals surface area contributed by atoms with Crippen LogP contribution in [0, 0.1) is 18.6 Å². The number of ether oxygens (including phenoxy) is 1. The molecule has 9 heteroatoms. The van der Waals surface area contributed by atoms with Crippen LogP contribution in [0.4, 0.5) is 8.78 Å². The minimum Gasteiger partial charge on any atom is -0.487 e. The van der Waals surface area contributed by atoms with Crippen molar-refractivity contribution in [3.8, 4) is 5.75 Å². The predicted molar refractivity (Wildman–Crippen MR) is 123 cm³/mol. The summed E-state index contributed by atoms with van der Waals surface area (Å²) in [5, 5.41) is 12.4. The van der Waals surface area contributed by atoms with Gasteiger partial charge in [-0.3, -0.25) is 9.59 Å². The molecule has 0 saturated heterocycles. The number of amides is 1. The molecule has 1 aliphatic carbocycles. The highest BCUT2D eigenvalue weighted by Crippen LogP contribution is 2.35. The van der Waals surface area contributed by atoms with E-state index in [1.54, 1.807) is 13.0 Å². The summed E-state index contributed by atoms with van der Waals surface area (Å²) in [6.45, 7) is 2.01. The molecule has 0 radical (unpaired) electrons. The molecule has 34 heavy (non-hydrogen) atoms. The zero-order chi connectivity index (χ0) is 24.5. The first-order valence-electron chi connectivity index (χ1n) is 10.7. The van der Waals surface area contributed by atoms with Crippen molar-refractivity contribution in [3.63, 3.8) is 0 Å². The molecule has 0 spiro atoms. The summed E-state index contributed by atoms with van der Waals surface area (Å²) in [6.07, 6.45) is 0.945. The fourth-order valence-corrected chi connectivity index (χ4v) is 3.73. The van der Waals surface area contributed by atoms with Gasteiger partial charge in [-0.2, -0.15) is 0 Å². The third-order valence-electron chi connectivity index (χ3n) is 5.74. The second-order valence-corrected chi connectivity index (χ2v) is 8.79. The lowest BCUT2D eigenvalue weighted by molar-refractivity contribution is -0.131. The summed E-state index contributed by atoms with van der Waals surface area (Å²) in [5.41, 5.74) is 0.667. The topological polar surface area (TPSA) is 80.6 Å². The molecular weight excluding hydrogens is 466 g/mol. The molecular formula is C25H23ClF2N2O4. The lowest BCUT2D eigenvalue weighted by Gasteiger charge is -2.15. The molecule has 0 atom stereocenters. The predicted octanol–water partition coefficient (Wildman–Crippen LogP) is 3.86. The van der Waals surface area contributed by atoms with E-state index in [1.165, 1.54) is 10.6 Å². The van der Waals surface area contributed by atoms with Crippen LogP contribution in [0.1, 0.15) is 35.2 Å². The van der Waals surface area contributed by atoms with Crippen LogP contribution in [0.5, 0.6) is 5.75 Å². The Morgan fingerprint density at radius 3 is 2.62 bits per heavy atom. The van der Waals surface area contributed by atoms with Crippen LogP contribution in [-0.2, 0) is 24.5 Å². The number of hydrogen-bond donors (Lipinski definition) is 2. The van der Waals surface area contributed by atoms with Gasteiger partial charge in [-0.15, -0.1) is 0 Å². The Hall–Kier alpha value is -3.23. The van der Waals surface area contributed by atoms with Gasteiger partial charge in [0.05, 0.1) is 6.54 Å². The molecule has 3 aromatic rings. The van der Waals surface area contributed by atoms with Crippen LogP contribution >= 0.6 is 11.6 Å². The van der Waals surface area contributed by atoms with Gasteiger partial charge in [-0.25, -0.2) is 8.78 Å². The maximum atomic E-state index is 13.9. The lowest BCUT2D eigenvalue weighted by Crippen LogP contribution is -2.35. The van der Waals surface area contributed by atoms with E-state index in [9.17, 15) is 23.5 Å². The van der Waals surface area contributed by atoms with Gasteiger partial charge in [0.2, 0.25) is 0 Å². The molecule has 0 bridgehead atoms. The number of carbonyl (C=O) groups is 1. The summed E-state index contributed by atoms with van der Waals surface area (Å²) in [5.74, 6) is -1.71. The maximum absolute atomic E-state index is 13.9. The second kappa shape index (κ2) is 9.56. The van der Waals surface area contributed by atoms with E-state index in [0.29, 0.717) is 18.5 Å². The molecule has 178 valence electrons. The molecule has 1 aliphatic rings. The van der Waals surface area contributed by atoms with Crippen molar-refractivity contribution in [2.24, 2.45) is 0 Å². The van der Waals surface area contributed by atoms with E-state index in [-0.39, 0.29) is 41.9 Å². The van der Waals surface area contributed by atoms with E-state index < -0.39 is 22.8 Å².